The first-order valence-corrected chi connectivity index (χ1v) is 10.3. The minimum absolute atomic E-state index is 0.0954. The predicted molar refractivity (Wildman–Crippen MR) is 117 cm³/mol. The number of aliphatic hydroxyl groups excluding tert-OH is 1. The lowest BCUT2D eigenvalue weighted by Gasteiger charge is -2.09. The van der Waals surface area contributed by atoms with Crippen LogP contribution in [0.25, 0.3) is 16.5 Å². The second-order valence-electron chi connectivity index (χ2n) is 6.81. The van der Waals surface area contributed by atoms with Gasteiger partial charge in [0, 0.05) is 18.3 Å². The quantitative estimate of drug-likeness (QED) is 0.168. The molecular formula is C24H31NO3. The summed E-state index contributed by atoms with van der Waals surface area (Å²) in [7, 11) is 0. The van der Waals surface area contributed by atoms with Gasteiger partial charge in [-0.05, 0) is 24.1 Å². The molecule has 0 saturated carbocycles. The third-order valence-corrected chi connectivity index (χ3v) is 4.66. The summed E-state index contributed by atoms with van der Waals surface area (Å²) < 4.78 is 5.13. The predicted octanol–water partition coefficient (Wildman–Crippen LogP) is 6.10. The maximum absolute atomic E-state index is 12.4. The van der Waals surface area contributed by atoms with Crippen molar-refractivity contribution in [3.63, 3.8) is 0 Å². The minimum atomic E-state index is -0.556. The number of fused-ring (bicyclic) bond motifs is 1. The fourth-order valence-corrected chi connectivity index (χ4v) is 3.14. The summed E-state index contributed by atoms with van der Waals surface area (Å²) in [5.41, 5.74) is 0.705. The molecule has 150 valence electrons. The van der Waals surface area contributed by atoms with E-state index in [2.05, 4.69) is 11.9 Å². The highest BCUT2D eigenvalue weighted by Crippen LogP contribution is 2.25. The van der Waals surface area contributed by atoms with Crippen molar-refractivity contribution in [3.05, 3.63) is 53.6 Å². The van der Waals surface area contributed by atoms with Gasteiger partial charge < -0.3 is 9.84 Å². The van der Waals surface area contributed by atoms with Gasteiger partial charge in [-0.15, -0.1) is 0 Å². The van der Waals surface area contributed by atoms with Crippen molar-refractivity contribution in [3.8, 4) is 0 Å². The molecule has 0 atom stereocenters. The summed E-state index contributed by atoms with van der Waals surface area (Å²) in [5, 5.41) is 12.7. The highest BCUT2D eigenvalue weighted by molar-refractivity contribution is 6.16. The van der Waals surface area contributed by atoms with Crippen LogP contribution in [0.15, 0.2) is 53.0 Å². The van der Waals surface area contributed by atoms with E-state index in [0.29, 0.717) is 12.1 Å². The Labute approximate surface area is 167 Å². The van der Waals surface area contributed by atoms with Crippen molar-refractivity contribution in [2.45, 2.75) is 52.4 Å². The molecule has 2 aromatic rings. The van der Waals surface area contributed by atoms with Gasteiger partial charge in [0.05, 0.1) is 6.61 Å². The van der Waals surface area contributed by atoms with Crippen molar-refractivity contribution < 1.29 is 14.6 Å². The van der Waals surface area contributed by atoms with E-state index in [1.807, 2.05) is 36.4 Å². The van der Waals surface area contributed by atoms with E-state index in [9.17, 15) is 9.90 Å². The molecule has 0 heterocycles. The molecule has 0 bridgehead atoms. The number of rotatable bonds is 11. The first-order valence-electron chi connectivity index (χ1n) is 10.3. The number of hydrogen-bond donors (Lipinski definition) is 1. The van der Waals surface area contributed by atoms with E-state index in [4.69, 9.17) is 4.74 Å². The molecule has 1 N–H and O–H groups in total. The molecule has 0 amide bonds. The van der Waals surface area contributed by atoms with E-state index in [-0.39, 0.29) is 17.9 Å². The Bertz CT molecular complexity index is 818. The van der Waals surface area contributed by atoms with Crippen LogP contribution in [-0.2, 0) is 9.53 Å². The van der Waals surface area contributed by atoms with Crippen LogP contribution in [0.4, 0.5) is 0 Å². The SMILES string of the molecule is CCCCCCCCN=CC(C(=O)OCC)=C(O)c1cccc2ccccc12. The summed E-state index contributed by atoms with van der Waals surface area (Å²) in [6.07, 6.45) is 8.55. The van der Waals surface area contributed by atoms with Gasteiger partial charge >= 0.3 is 5.97 Å². The molecule has 4 nitrogen and oxygen atoms in total. The van der Waals surface area contributed by atoms with E-state index in [1.165, 1.54) is 31.9 Å². The summed E-state index contributed by atoms with van der Waals surface area (Å²) in [4.78, 5) is 16.8. The van der Waals surface area contributed by atoms with Gasteiger partial charge in [-0.3, -0.25) is 4.99 Å². The Balaban J connectivity index is 2.19. The highest BCUT2D eigenvalue weighted by atomic mass is 16.5. The number of aliphatic imine (C=N–C) groups is 1. The first kappa shape index (κ1) is 21.7. The lowest BCUT2D eigenvalue weighted by atomic mass is 10.0. The topological polar surface area (TPSA) is 58.9 Å². The first-order chi connectivity index (χ1) is 13.7. The van der Waals surface area contributed by atoms with Crippen LogP contribution in [0.3, 0.4) is 0 Å². The van der Waals surface area contributed by atoms with E-state index in [0.717, 1.165) is 23.6 Å². The lowest BCUT2D eigenvalue weighted by Crippen LogP contribution is -2.11. The van der Waals surface area contributed by atoms with Crippen LogP contribution in [0.2, 0.25) is 0 Å². The number of esters is 1. The third-order valence-electron chi connectivity index (χ3n) is 4.66. The monoisotopic (exact) mass is 381 g/mol. The zero-order valence-electron chi connectivity index (χ0n) is 17.0. The zero-order chi connectivity index (χ0) is 20.2. The summed E-state index contributed by atoms with van der Waals surface area (Å²) >= 11 is 0. The molecule has 4 heteroatoms. The molecule has 0 aliphatic carbocycles. The number of benzene rings is 2. The molecule has 0 spiro atoms. The van der Waals surface area contributed by atoms with Gasteiger partial charge in [0.1, 0.15) is 11.3 Å². The van der Waals surface area contributed by atoms with Crippen LogP contribution in [0, 0.1) is 0 Å². The van der Waals surface area contributed by atoms with E-state index in [1.54, 1.807) is 13.0 Å². The second-order valence-corrected chi connectivity index (χ2v) is 6.81. The smallest absolute Gasteiger partial charge is 0.343 e. The van der Waals surface area contributed by atoms with Crippen LogP contribution < -0.4 is 0 Å². The molecule has 2 aromatic carbocycles. The van der Waals surface area contributed by atoms with Gasteiger partial charge in [-0.2, -0.15) is 0 Å². The number of carbonyl (C=O) groups excluding carboxylic acids is 1. The molecule has 2 rings (SSSR count). The van der Waals surface area contributed by atoms with Crippen molar-refractivity contribution in [1.29, 1.82) is 0 Å². The maximum Gasteiger partial charge on any atom is 0.343 e. The molecule has 0 unspecified atom stereocenters. The van der Waals surface area contributed by atoms with Crippen molar-refractivity contribution in [2.24, 2.45) is 4.99 Å². The van der Waals surface area contributed by atoms with Gasteiger partial charge in [0.15, 0.2) is 0 Å². The Morgan fingerprint density at radius 3 is 2.50 bits per heavy atom. The fraction of sp³-hybridized carbons (Fsp3) is 0.417. The van der Waals surface area contributed by atoms with Crippen molar-refractivity contribution in [1.82, 2.24) is 0 Å². The second kappa shape index (κ2) is 12.0. The van der Waals surface area contributed by atoms with Crippen LogP contribution in [-0.4, -0.2) is 30.4 Å². The Hall–Kier alpha value is -2.62. The third kappa shape index (κ3) is 6.22. The standard InChI is InChI=1S/C24H31NO3/c1-3-5-6-7-8-11-17-25-18-22(24(27)28-4-2)23(26)21-16-12-14-19-13-9-10-15-20(19)21/h9-10,12-16,18,26H,3-8,11,17H2,1-2H3. The molecule has 28 heavy (non-hydrogen) atoms. The minimum Gasteiger partial charge on any atom is -0.506 e. The van der Waals surface area contributed by atoms with E-state index < -0.39 is 5.97 Å². The summed E-state index contributed by atoms with van der Waals surface area (Å²) in [6, 6.07) is 13.4. The van der Waals surface area contributed by atoms with Gasteiger partial charge in [0.2, 0.25) is 0 Å². The zero-order valence-corrected chi connectivity index (χ0v) is 17.0. The van der Waals surface area contributed by atoms with E-state index >= 15 is 0 Å². The van der Waals surface area contributed by atoms with Gasteiger partial charge in [0.25, 0.3) is 0 Å². The number of carbonyl (C=O) groups is 1. The van der Waals surface area contributed by atoms with Gasteiger partial charge in [-0.1, -0.05) is 81.5 Å². The number of aliphatic hydroxyl groups is 1. The Kier molecular flexibility index (Phi) is 9.26. The molecule has 0 radical (unpaired) electrons. The molecule has 0 saturated heterocycles. The van der Waals surface area contributed by atoms with Crippen molar-refractivity contribution >= 4 is 28.7 Å². The van der Waals surface area contributed by atoms with Crippen LogP contribution in [0.5, 0.6) is 0 Å². The summed E-state index contributed by atoms with van der Waals surface area (Å²) in [5.74, 6) is -0.651. The Morgan fingerprint density at radius 2 is 1.71 bits per heavy atom. The largest absolute Gasteiger partial charge is 0.506 e. The lowest BCUT2D eigenvalue weighted by molar-refractivity contribution is -0.137. The molecule has 0 fully saturated rings. The number of ether oxygens (including phenoxy) is 1. The van der Waals surface area contributed by atoms with Gasteiger partial charge in [-0.25, -0.2) is 4.79 Å². The molecule has 0 aliphatic heterocycles. The number of nitrogens with zero attached hydrogens (tertiary/aromatic N) is 1. The van der Waals surface area contributed by atoms with Crippen LogP contribution in [0.1, 0.15) is 57.9 Å². The molecule has 0 aromatic heterocycles. The average molecular weight is 382 g/mol. The fourth-order valence-electron chi connectivity index (χ4n) is 3.14. The Morgan fingerprint density at radius 1 is 1.00 bits per heavy atom. The maximum atomic E-state index is 12.4. The number of unbranched alkanes of at least 4 members (excludes halogenated alkanes) is 5. The van der Waals surface area contributed by atoms with Crippen molar-refractivity contribution in [2.75, 3.05) is 13.2 Å². The average Bonchev–Trinajstić information content (AvgIpc) is 2.72. The highest BCUT2D eigenvalue weighted by Gasteiger charge is 2.17. The molecule has 0 aliphatic rings. The summed E-state index contributed by atoms with van der Waals surface area (Å²) in [6.45, 7) is 4.84. The molecular weight excluding hydrogens is 350 g/mol. The van der Waals surface area contributed by atoms with Crippen LogP contribution >= 0.6 is 0 Å². The normalized spacial score (nSPS) is 12.4. The number of hydrogen-bond acceptors (Lipinski definition) is 4.